The molecule has 0 aromatic carbocycles. The number of likely N-dealkylation sites (N-methyl/N-ethyl adjacent to an activating group) is 1. The number of carbonyl (C=O) groups excluding carboxylic acids is 2. The Kier molecular flexibility index (Phi) is 4.85. The average molecular weight is 296 g/mol. The van der Waals surface area contributed by atoms with Crippen molar-refractivity contribution in [2.45, 2.75) is 45.1 Å². The largest absolute Gasteiger partial charge is 0.481 e. The van der Waals surface area contributed by atoms with Crippen molar-refractivity contribution in [2.75, 3.05) is 13.6 Å². The smallest absolute Gasteiger partial charge is 0.307 e. The Hall–Kier alpha value is -1.59. The van der Waals surface area contributed by atoms with E-state index in [4.69, 9.17) is 0 Å². The van der Waals surface area contributed by atoms with E-state index >= 15 is 0 Å². The molecule has 2 N–H and O–H groups in total. The third kappa shape index (κ3) is 3.54. The highest BCUT2D eigenvalue weighted by Gasteiger charge is 2.42. The molecule has 118 valence electrons. The lowest BCUT2D eigenvalue weighted by Crippen LogP contribution is -2.50. The van der Waals surface area contributed by atoms with Gasteiger partial charge in [-0.2, -0.15) is 0 Å². The SMILES string of the molecule is CCC1C[C@H](C(=O)NC2CCC(=O)N(C)C2)[C@H](C(=O)O)C1. The first-order valence-corrected chi connectivity index (χ1v) is 7.69. The Bertz CT molecular complexity index is 437. The van der Waals surface area contributed by atoms with Crippen molar-refractivity contribution in [3.05, 3.63) is 0 Å². The second-order valence-electron chi connectivity index (χ2n) is 6.32. The minimum Gasteiger partial charge on any atom is -0.481 e. The summed E-state index contributed by atoms with van der Waals surface area (Å²) < 4.78 is 0. The molecular weight excluding hydrogens is 272 g/mol. The van der Waals surface area contributed by atoms with Crippen LogP contribution >= 0.6 is 0 Å². The van der Waals surface area contributed by atoms with Gasteiger partial charge in [0.15, 0.2) is 0 Å². The van der Waals surface area contributed by atoms with E-state index in [1.54, 1.807) is 11.9 Å². The Morgan fingerprint density at radius 2 is 2.00 bits per heavy atom. The molecule has 2 amide bonds. The Balaban J connectivity index is 1.95. The zero-order valence-electron chi connectivity index (χ0n) is 12.7. The summed E-state index contributed by atoms with van der Waals surface area (Å²) in [5.74, 6) is -1.63. The molecule has 6 heteroatoms. The first-order chi connectivity index (χ1) is 9.92. The van der Waals surface area contributed by atoms with Crippen molar-refractivity contribution in [2.24, 2.45) is 17.8 Å². The number of likely N-dealkylation sites (tertiary alicyclic amines) is 1. The van der Waals surface area contributed by atoms with Gasteiger partial charge >= 0.3 is 5.97 Å². The molecule has 1 aliphatic carbocycles. The van der Waals surface area contributed by atoms with Gasteiger partial charge in [0.05, 0.1) is 11.8 Å². The number of rotatable bonds is 4. The molecule has 2 unspecified atom stereocenters. The molecular formula is C15H24N2O4. The number of carboxylic acids is 1. The molecule has 21 heavy (non-hydrogen) atoms. The topological polar surface area (TPSA) is 86.7 Å². The van der Waals surface area contributed by atoms with Crippen LogP contribution in [0.4, 0.5) is 0 Å². The zero-order valence-corrected chi connectivity index (χ0v) is 12.7. The monoisotopic (exact) mass is 296 g/mol. The van der Waals surface area contributed by atoms with Crippen molar-refractivity contribution in [1.29, 1.82) is 0 Å². The van der Waals surface area contributed by atoms with Crippen molar-refractivity contribution in [1.82, 2.24) is 10.2 Å². The standard InChI is InChI=1S/C15H24N2O4/c1-3-9-6-11(12(7-9)15(20)21)14(19)16-10-4-5-13(18)17(2)8-10/h9-12H,3-8H2,1-2H3,(H,16,19)(H,20,21)/t9?,10?,11-,12+/m0/s1. The Morgan fingerprint density at radius 3 is 2.57 bits per heavy atom. The van der Waals surface area contributed by atoms with E-state index < -0.39 is 17.8 Å². The van der Waals surface area contributed by atoms with E-state index in [1.165, 1.54) is 0 Å². The van der Waals surface area contributed by atoms with Crippen LogP contribution in [0.15, 0.2) is 0 Å². The van der Waals surface area contributed by atoms with Gasteiger partial charge in [-0.05, 0) is 25.2 Å². The molecule has 6 nitrogen and oxygen atoms in total. The van der Waals surface area contributed by atoms with Crippen molar-refractivity contribution >= 4 is 17.8 Å². The van der Waals surface area contributed by atoms with E-state index in [1.807, 2.05) is 6.92 Å². The number of nitrogens with one attached hydrogen (secondary N) is 1. The highest BCUT2D eigenvalue weighted by Crippen LogP contribution is 2.38. The maximum Gasteiger partial charge on any atom is 0.307 e. The van der Waals surface area contributed by atoms with Crippen LogP contribution in [-0.4, -0.2) is 47.4 Å². The van der Waals surface area contributed by atoms with Crippen LogP contribution in [0.3, 0.4) is 0 Å². The van der Waals surface area contributed by atoms with E-state index in [2.05, 4.69) is 5.32 Å². The summed E-state index contributed by atoms with van der Waals surface area (Å²) in [4.78, 5) is 36.8. The molecule has 1 saturated carbocycles. The first kappa shape index (κ1) is 15.8. The fourth-order valence-corrected chi connectivity index (χ4v) is 3.48. The van der Waals surface area contributed by atoms with Gasteiger partial charge in [0.1, 0.15) is 0 Å². The number of hydrogen-bond donors (Lipinski definition) is 2. The van der Waals surface area contributed by atoms with Gasteiger partial charge in [-0.1, -0.05) is 13.3 Å². The van der Waals surface area contributed by atoms with Crippen LogP contribution < -0.4 is 5.32 Å². The Labute approximate surface area is 124 Å². The summed E-state index contributed by atoms with van der Waals surface area (Å²) in [7, 11) is 1.73. The summed E-state index contributed by atoms with van der Waals surface area (Å²) >= 11 is 0. The van der Waals surface area contributed by atoms with Gasteiger partial charge in [-0.3, -0.25) is 14.4 Å². The molecule has 2 aliphatic rings. The summed E-state index contributed by atoms with van der Waals surface area (Å²) in [6.45, 7) is 2.54. The van der Waals surface area contributed by atoms with E-state index in [0.717, 1.165) is 6.42 Å². The lowest BCUT2D eigenvalue weighted by molar-refractivity contribution is -0.146. The lowest BCUT2D eigenvalue weighted by Gasteiger charge is -2.31. The number of piperidine rings is 1. The van der Waals surface area contributed by atoms with E-state index in [9.17, 15) is 19.5 Å². The quantitative estimate of drug-likeness (QED) is 0.805. The molecule has 1 aliphatic heterocycles. The molecule has 0 radical (unpaired) electrons. The summed E-state index contributed by atoms with van der Waals surface area (Å²) in [5, 5.41) is 12.2. The number of carbonyl (C=O) groups is 3. The van der Waals surface area contributed by atoms with Gasteiger partial charge in [-0.15, -0.1) is 0 Å². The minimum absolute atomic E-state index is 0.0599. The van der Waals surface area contributed by atoms with Crippen LogP contribution in [0.1, 0.15) is 39.0 Å². The summed E-state index contributed by atoms with van der Waals surface area (Å²) in [5.41, 5.74) is 0. The van der Waals surface area contributed by atoms with Gasteiger partial charge < -0.3 is 15.3 Å². The van der Waals surface area contributed by atoms with E-state index in [0.29, 0.717) is 38.1 Å². The second-order valence-corrected chi connectivity index (χ2v) is 6.32. The number of nitrogens with zero attached hydrogens (tertiary/aromatic N) is 1. The van der Waals surface area contributed by atoms with Crippen LogP contribution in [-0.2, 0) is 14.4 Å². The molecule has 2 rings (SSSR count). The fourth-order valence-electron chi connectivity index (χ4n) is 3.48. The first-order valence-electron chi connectivity index (χ1n) is 7.69. The summed E-state index contributed by atoms with van der Waals surface area (Å²) in [6, 6.07) is -0.0599. The van der Waals surface area contributed by atoms with Crippen molar-refractivity contribution in [3.63, 3.8) is 0 Å². The average Bonchev–Trinajstić information content (AvgIpc) is 2.87. The third-order valence-electron chi connectivity index (χ3n) is 4.86. The third-order valence-corrected chi connectivity index (χ3v) is 4.86. The number of aliphatic carboxylic acids is 1. The number of carboxylic acid groups (broad SMARTS) is 1. The van der Waals surface area contributed by atoms with Crippen LogP contribution in [0.25, 0.3) is 0 Å². The zero-order chi connectivity index (χ0) is 15.6. The van der Waals surface area contributed by atoms with Gasteiger partial charge in [-0.25, -0.2) is 0 Å². The fraction of sp³-hybridized carbons (Fsp3) is 0.800. The normalized spacial score (nSPS) is 33.0. The van der Waals surface area contributed by atoms with Gasteiger partial charge in [0, 0.05) is 26.1 Å². The highest BCUT2D eigenvalue weighted by atomic mass is 16.4. The molecule has 0 aromatic heterocycles. The van der Waals surface area contributed by atoms with Crippen LogP contribution in [0, 0.1) is 17.8 Å². The van der Waals surface area contributed by atoms with E-state index in [-0.39, 0.29) is 17.9 Å². The molecule has 0 spiro atoms. The molecule has 0 aromatic rings. The maximum absolute atomic E-state index is 12.4. The summed E-state index contributed by atoms with van der Waals surface area (Å²) in [6.07, 6.45) is 3.23. The molecule has 1 saturated heterocycles. The molecule has 4 atom stereocenters. The van der Waals surface area contributed by atoms with Crippen molar-refractivity contribution in [3.8, 4) is 0 Å². The molecule has 2 fully saturated rings. The van der Waals surface area contributed by atoms with Crippen LogP contribution in [0.2, 0.25) is 0 Å². The molecule has 0 bridgehead atoms. The van der Waals surface area contributed by atoms with Gasteiger partial charge in [0.2, 0.25) is 11.8 Å². The highest BCUT2D eigenvalue weighted by molar-refractivity contribution is 5.86. The second kappa shape index (κ2) is 6.45. The predicted molar refractivity (Wildman–Crippen MR) is 76.4 cm³/mol. The predicted octanol–water partition coefficient (Wildman–Crippen LogP) is 0.860. The Morgan fingerprint density at radius 1 is 1.33 bits per heavy atom. The van der Waals surface area contributed by atoms with Crippen LogP contribution in [0.5, 0.6) is 0 Å². The molecule has 1 heterocycles. The number of hydrogen-bond acceptors (Lipinski definition) is 3. The number of amides is 2. The minimum atomic E-state index is -0.873. The maximum atomic E-state index is 12.4. The van der Waals surface area contributed by atoms with Crippen molar-refractivity contribution < 1.29 is 19.5 Å². The van der Waals surface area contributed by atoms with Gasteiger partial charge in [0.25, 0.3) is 0 Å². The lowest BCUT2D eigenvalue weighted by atomic mass is 9.94.